The second-order valence-corrected chi connectivity index (χ2v) is 0. The second kappa shape index (κ2) is 64.1. The predicted molar refractivity (Wildman–Crippen MR) is 77.2 cm³/mol. The monoisotopic (exact) mass is 1160 g/mol. The third-order valence-corrected chi connectivity index (χ3v) is 0. The quantitative estimate of drug-likeness (QED) is 0.258. The van der Waals surface area contributed by atoms with Gasteiger partial charge in [0, 0.05) is 77.5 Å². The Morgan fingerprint density at radius 1 is 0.333 bits per heavy atom. The van der Waals surface area contributed by atoms with E-state index in [2.05, 4.69) is 0 Å². The summed E-state index contributed by atoms with van der Waals surface area (Å²) in [6.07, 6.45) is 0. The van der Waals surface area contributed by atoms with Crippen LogP contribution in [0.5, 0.6) is 0 Å². The third-order valence-electron chi connectivity index (χ3n) is 0. The maximum absolute atomic E-state index is 0. The van der Waals surface area contributed by atoms with Crippen molar-refractivity contribution in [3.63, 3.8) is 0 Å². The number of hydrogen-bond donors (Lipinski definition) is 0. The zero-order chi connectivity index (χ0) is 0. The summed E-state index contributed by atoms with van der Waals surface area (Å²) in [6, 6.07) is 0. The fraction of sp³-hybridized carbons (Fsp3) is 0. The molecule has 0 aromatic rings. The molecule has 9 heteroatoms. The molecule has 0 unspecified atom stereocenters. The Hall–Kier alpha value is 6.24. The van der Waals surface area contributed by atoms with Crippen LogP contribution in [0.25, 0.3) is 0 Å². The molecule has 0 aliphatic rings. The summed E-state index contributed by atoms with van der Waals surface area (Å²) >= 11 is 0. The fourth-order valence-electron chi connectivity index (χ4n) is 0. The average Bonchev–Trinajstić information content (AvgIpc) is 0. The Morgan fingerprint density at radius 2 is 0.333 bits per heavy atom. The van der Waals surface area contributed by atoms with Gasteiger partial charge in [-0.05, 0) is 0 Å². The minimum atomic E-state index is 0. The first kappa shape index (κ1) is 79.4. The molecule has 0 atom stereocenters. The van der Waals surface area contributed by atoms with Gasteiger partial charge in [0.05, 0.1) is 0 Å². The first-order chi connectivity index (χ1) is 0. The van der Waals surface area contributed by atoms with Gasteiger partial charge in [-0.1, -0.05) is 0 Å². The van der Waals surface area contributed by atoms with E-state index in [0.717, 1.165) is 0 Å². The summed E-state index contributed by atoms with van der Waals surface area (Å²) in [4.78, 5) is 0. The maximum Gasteiger partial charge on any atom is 0 e. The molecule has 0 aliphatic heterocycles. The van der Waals surface area contributed by atoms with Gasteiger partial charge in [0.25, 0.3) is 0 Å². The van der Waals surface area contributed by atoms with Crippen LogP contribution in [-0.4, -0.2) is 0 Å². The third kappa shape index (κ3) is 54.8. The van der Waals surface area contributed by atoms with E-state index in [4.69, 9.17) is 0 Å². The van der Waals surface area contributed by atoms with E-state index in [1.807, 2.05) is 0 Å². The number of rotatable bonds is 0. The maximum atomic E-state index is 0. The van der Waals surface area contributed by atoms with Crippen molar-refractivity contribution in [1.29, 1.82) is 0 Å². The molecular formula is H6Br3Hf3I3. The summed E-state index contributed by atoms with van der Waals surface area (Å²) in [7, 11) is 0. The molecule has 0 rings (SSSR count). The topological polar surface area (TPSA) is 0 Å². The molecule has 9 heavy (non-hydrogen) atoms. The molecule has 0 radical (unpaired) electrons. The van der Waals surface area contributed by atoms with E-state index in [9.17, 15) is 0 Å². The van der Waals surface area contributed by atoms with Crippen molar-refractivity contribution >= 4 is 123 Å². The normalized spacial score (nSPS) is 0. The molecule has 0 spiro atoms. The SMILES string of the molecule is Br.Br.Br.I.I.I.[Hf].[Hf].[Hf]. The summed E-state index contributed by atoms with van der Waals surface area (Å²) in [5.41, 5.74) is 0. The molecule has 0 saturated heterocycles. The molecule has 0 aromatic carbocycles. The van der Waals surface area contributed by atoms with Crippen LogP contribution in [0.2, 0.25) is 0 Å². The summed E-state index contributed by atoms with van der Waals surface area (Å²) < 4.78 is 0. The van der Waals surface area contributed by atoms with E-state index >= 15 is 0 Å². The molecule has 0 heterocycles. The van der Waals surface area contributed by atoms with Crippen LogP contribution in [0.1, 0.15) is 0 Å². The van der Waals surface area contributed by atoms with Crippen molar-refractivity contribution in [3.8, 4) is 0 Å². The van der Waals surface area contributed by atoms with Crippen LogP contribution in [0.15, 0.2) is 0 Å². The van der Waals surface area contributed by atoms with Crippen molar-refractivity contribution in [1.82, 2.24) is 0 Å². The zero-order valence-electron chi connectivity index (χ0n) is 3.95. The molecule has 0 fully saturated rings. The molecule has 0 amide bonds. The van der Waals surface area contributed by atoms with E-state index in [-0.39, 0.29) is 200 Å². The van der Waals surface area contributed by atoms with Crippen molar-refractivity contribution < 1.29 is 77.5 Å². The van der Waals surface area contributed by atoms with Crippen molar-refractivity contribution in [2.75, 3.05) is 0 Å². The van der Waals surface area contributed by atoms with Crippen LogP contribution in [0.3, 0.4) is 0 Å². The Kier molecular flexibility index (Phi) is 565. The van der Waals surface area contributed by atoms with Crippen LogP contribution in [0.4, 0.5) is 0 Å². The molecule has 60 valence electrons. The van der Waals surface area contributed by atoms with E-state index in [1.54, 1.807) is 0 Å². The summed E-state index contributed by atoms with van der Waals surface area (Å²) in [5, 5.41) is 0. The fourth-order valence-corrected chi connectivity index (χ4v) is 0. The van der Waals surface area contributed by atoms with Crippen molar-refractivity contribution in [3.05, 3.63) is 0 Å². The van der Waals surface area contributed by atoms with Crippen LogP contribution < -0.4 is 0 Å². The Balaban J connectivity index is 0. The van der Waals surface area contributed by atoms with E-state index in [0.29, 0.717) is 0 Å². The number of halogens is 6. The van der Waals surface area contributed by atoms with Gasteiger partial charge >= 0.3 is 0 Å². The van der Waals surface area contributed by atoms with E-state index in [1.165, 1.54) is 0 Å². The molecule has 0 N–H and O–H groups in total. The Bertz CT molecular complexity index is 14.3. The van der Waals surface area contributed by atoms with Gasteiger partial charge < -0.3 is 0 Å². The van der Waals surface area contributed by atoms with Gasteiger partial charge in [-0.25, -0.2) is 0 Å². The molecule has 0 saturated carbocycles. The minimum absolute atomic E-state index is 0. The molecule has 0 aliphatic carbocycles. The zero-order valence-corrected chi connectivity index (χ0v) is 26.9. The molecule has 0 nitrogen and oxygen atoms in total. The van der Waals surface area contributed by atoms with Gasteiger partial charge in [-0.2, -0.15) is 0 Å². The first-order valence-electron chi connectivity index (χ1n) is 0. The molecule has 0 aromatic heterocycles. The van der Waals surface area contributed by atoms with E-state index < -0.39 is 0 Å². The van der Waals surface area contributed by atoms with Crippen molar-refractivity contribution in [2.24, 2.45) is 0 Å². The first-order valence-corrected chi connectivity index (χ1v) is 0. The number of hydrogen-bond acceptors (Lipinski definition) is 0. The Morgan fingerprint density at radius 3 is 0.333 bits per heavy atom. The Labute approximate surface area is 195 Å². The van der Waals surface area contributed by atoms with Gasteiger partial charge in [-0.15, -0.1) is 123 Å². The minimum Gasteiger partial charge on any atom is -0.114 e. The van der Waals surface area contributed by atoms with Gasteiger partial charge in [0.15, 0.2) is 0 Å². The summed E-state index contributed by atoms with van der Waals surface area (Å²) in [6.45, 7) is 0. The predicted octanol–water partition coefficient (Wildman–Crippen LogP) is 3.58. The molecule has 0 bridgehead atoms. The molecular weight excluding hydrogens is 1160 g/mol. The summed E-state index contributed by atoms with van der Waals surface area (Å²) in [5.74, 6) is 0. The van der Waals surface area contributed by atoms with Crippen LogP contribution in [-0.2, 0) is 77.5 Å². The van der Waals surface area contributed by atoms with Gasteiger partial charge in [0.2, 0.25) is 0 Å². The van der Waals surface area contributed by atoms with Gasteiger partial charge in [0.1, 0.15) is 0 Å². The van der Waals surface area contributed by atoms with Crippen LogP contribution >= 0.6 is 123 Å². The van der Waals surface area contributed by atoms with Crippen LogP contribution in [0, 0.1) is 0 Å². The largest absolute Gasteiger partial charge is 0.114 e. The second-order valence-electron chi connectivity index (χ2n) is 0. The smallest absolute Gasteiger partial charge is 0 e. The van der Waals surface area contributed by atoms with Crippen molar-refractivity contribution in [2.45, 2.75) is 0 Å². The average molecular weight is 1160 g/mol. The van der Waals surface area contributed by atoms with Gasteiger partial charge in [-0.3, -0.25) is 0 Å². The standard InChI is InChI=1S/3BrH.3Hf.3HI/h3*1H;;;;3*1H.